The van der Waals surface area contributed by atoms with E-state index in [2.05, 4.69) is 20.0 Å². The third-order valence-electron chi connectivity index (χ3n) is 4.60. The van der Waals surface area contributed by atoms with E-state index in [4.69, 9.17) is 9.15 Å². The lowest BCUT2D eigenvalue weighted by Crippen LogP contribution is -2.16. The molecule has 0 fully saturated rings. The first-order valence-corrected chi connectivity index (χ1v) is 9.74. The molecule has 0 saturated carbocycles. The lowest BCUT2D eigenvalue weighted by Gasteiger charge is -2.07. The van der Waals surface area contributed by atoms with E-state index in [0.29, 0.717) is 29.2 Å². The Balaban J connectivity index is 1.56. The number of alkyl halides is 3. The lowest BCUT2D eigenvalue weighted by atomic mass is 10.1. The molecular weight excluding hydrogens is 429 g/mol. The second-order valence-electron chi connectivity index (χ2n) is 7.00. The number of hydrogen-bond acceptors (Lipinski definition) is 7. The fourth-order valence-electron chi connectivity index (χ4n) is 3.13. The van der Waals surface area contributed by atoms with Crippen LogP contribution in [0.1, 0.15) is 23.7 Å². The van der Waals surface area contributed by atoms with Crippen molar-refractivity contribution >= 4 is 39.9 Å². The average Bonchev–Trinajstić information content (AvgIpc) is 3.26. The minimum absolute atomic E-state index is 0.000231. The van der Waals surface area contributed by atoms with Crippen LogP contribution in [-0.4, -0.2) is 39.9 Å². The number of aryl methyl sites for hydroxylation is 1. The zero-order valence-corrected chi connectivity index (χ0v) is 17.2. The van der Waals surface area contributed by atoms with Crippen LogP contribution in [0.4, 0.5) is 25.1 Å². The zero-order chi connectivity index (χ0) is 22.9. The number of halogens is 3. The fourth-order valence-corrected chi connectivity index (χ4v) is 3.13. The van der Waals surface area contributed by atoms with E-state index >= 15 is 0 Å². The molecular formula is C21H19F3N4O4. The topological polar surface area (TPSA) is 91.4 Å². The second kappa shape index (κ2) is 8.50. The average molecular weight is 448 g/mol. The minimum Gasteiger partial charge on any atom is -0.423 e. The van der Waals surface area contributed by atoms with Crippen LogP contribution in [0.5, 0.6) is 5.75 Å². The molecule has 4 rings (SSSR count). The summed E-state index contributed by atoms with van der Waals surface area (Å²) < 4.78 is 53.7. The number of carbonyl (C=O) groups excluding carboxylic acids is 1. The molecule has 8 nitrogen and oxygen atoms in total. The van der Waals surface area contributed by atoms with Crippen LogP contribution < -0.4 is 10.1 Å². The van der Waals surface area contributed by atoms with Crippen LogP contribution in [0.2, 0.25) is 0 Å². The Bertz CT molecular complexity index is 1280. The maximum Gasteiger partial charge on any atom is 0.573 e. The number of oxazole rings is 1. The Hall–Kier alpha value is -3.60. The quantitative estimate of drug-likeness (QED) is 0.301. The number of rotatable bonds is 8. The van der Waals surface area contributed by atoms with Gasteiger partial charge < -0.3 is 18.5 Å². The molecule has 4 aromatic rings. The fraction of sp³-hybridized carbons (Fsp3) is 0.286. The summed E-state index contributed by atoms with van der Waals surface area (Å²) in [5.41, 5.74) is 2.29. The Morgan fingerprint density at radius 3 is 2.72 bits per heavy atom. The molecule has 1 N–H and O–H groups in total. The van der Waals surface area contributed by atoms with Crippen molar-refractivity contribution in [1.82, 2.24) is 14.5 Å². The standard InChI is InChI=1S/C21H19F3N4O4/c1-3-8-30-11-17(29)12-4-7-16-15(9-12)25-19(28(16)2)27-20-26-14-6-5-13(10-18(14)31-20)32-21(22,23)24/h4-7,9-10H,3,8,11H2,1-2H3,(H,25,26,27). The summed E-state index contributed by atoms with van der Waals surface area (Å²) >= 11 is 0. The van der Waals surface area contributed by atoms with E-state index in [9.17, 15) is 18.0 Å². The minimum atomic E-state index is -4.80. The molecule has 2 aromatic carbocycles. The summed E-state index contributed by atoms with van der Waals surface area (Å²) in [7, 11) is 1.77. The summed E-state index contributed by atoms with van der Waals surface area (Å²) in [6, 6.07) is 8.81. The predicted octanol–water partition coefficient (Wildman–Crippen LogP) is 4.97. The number of ketones is 1. The van der Waals surface area contributed by atoms with E-state index in [1.165, 1.54) is 6.07 Å². The van der Waals surface area contributed by atoms with Gasteiger partial charge in [0, 0.05) is 25.3 Å². The number of hydrogen-bond donors (Lipinski definition) is 1. The van der Waals surface area contributed by atoms with E-state index in [-0.39, 0.29) is 24.0 Å². The Morgan fingerprint density at radius 1 is 1.16 bits per heavy atom. The highest BCUT2D eigenvalue weighted by atomic mass is 19.4. The Labute approximate surface area is 179 Å². The number of nitrogens with one attached hydrogen (secondary N) is 1. The molecule has 0 amide bonds. The summed E-state index contributed by atoms with van der Waals surface area (Å²) in [6.45, 7) is 2.48. The first kappa shape index (κ1) is 21.6. The molecule has 2 heterocycles. The van der Waals surface area contributed by atoms with E-state index in [1.807, 2.05) is 6.92 Å². The van der Waals surface area contributed by atoms with Crippen molar-refractivity contribution in [3.63, 3.8) is 0 Å². The van der Waals surface area contributed by atoms with E-state index in [1.54, 1.807) is 29.8 Å². The van der Waals surface area contributed by atoms with Gasteiger partial charge in [-0.3, -0.25) is 10.1 Å². The number of nitrogens with zero attached hydrogens (tertiary/aromatic N) is 3. The van der Waals surface area contributed by atoms with Crippen molar-refractivity contribution in [2.24, 2.45) is 7.05 Å². The van der Waals surface area contributed by atoms with Crippen LogP contribution in [0, 0.1) is 0 Å². The molecule has 0 aliphatic carbocycles. The highest BCUT2D eigenvalue weighted by molar-refractivity contribution is 6.00. The molecule has 2 aromatic heterocycles. The van der Waals surface area contributed by atoms with Gasteiger partial charge in [0.1, 0.15) is 17.9 Å². The zero-order valence-electron chi connectivity index (χ0n) is 17.2. The van der Waals surface area contributed by atoms with E-state index < -0.39 is 12.1 Å². The van der Waals surface area contributed by atoms with E-state index in [0.717, 1.165) is 24.1 Å². The summed E-state index contributed by atoms with van der Waals surface area (Å²) in [5, 5.41) is 2.91. The van der Waals surface area contributed by atoms with Crippen molar-refractivity contribution in [3.8, 4) is 5.75 Å². The van der Waals surface area contributed by atoms with Crippen LogP contribution in [0.15, 0.2) is 40.8 Å². The predicted molar refractivity (Wildman–Crippen MR) is 110 cm³/mol. The number of ether oxygens (including phenoxy) is 2. The van der Waals surface area contributed by atoms with Crippen molar-refractivity contribution in [2.45, 2.75) is 19.7 Å². The molecule has 0 aliphatic rings. The van der Waals surface area contributed by atoms with Gasteiger partial charge in [0.25, 0.3) is 0 Å². The molecule has 0 atom stereocenters. The first-order chi connectivity index (χ1) is 15.2. The monoisotopic (exact) mass is 448 g/mol. The molecule has 32 heavy (non-hydrogen) atoms. The van der Waals surface area contributed by atoms with Gasteiger partial charge in [-0.15, -0.1) is 13.2 Å². The summed E-state index contributed by atoms with van der Waals surface area (Å²) in [6.07, 6.45) is -3.97. The smallest absolute Gasteiger partial charge is 0.423 e. The third-order valence-corrected chi connectivity index (χ3v) is 4.60. The number of fused-ring (bicyclic) bond motifs is 2. The van der Waals surface area contributed by atoms with Gasteiger partial charge in [0.2, 0.25) is 5.95 Å². The SMILES string of the molecule is CCCOCC(=O)c1ccc2c(c1)nc(Nc1nc3ccc(OC(F)(F)F)cc3o1)n2C. The van der Waals surface area contributed by atoms with Gasteiger partial charge in [-0.05, 0) is 36.8 Å². The third kappa shape index (κ3) is 4.67. The van der Waals surface area contributed by atoms with Crippen LogP contribution in [0.25, 0.3) is 22.1 Å². The number of anilines is 2. The highest BCUT2D eigenvalue weighted by Gasteiger charge is 2.31. The first-order valence-electron chi connectivity index (χ1n) is 9.74. The van der Waals surface area contributed by atoms with Gasteiger partial charge in [-0.1, -0.05) is 6.92 Å². The molecule has 0 bridgehead atoms. The molecule has 0 unspecified atom stereocenters. The van der Waals surface area contributed by atoms with Gasteiger partial charge in [0.05, 0.1) is 11.0 Å². The number of carbonyl (C=O) groups is 1. The lowest BCUT2D eigenvalue weighted by molar-refractivity contribution is -0.274. The number of aromatic nitrogens is 3. The number of Topliss-reactive ketones (excluding diaryl/α,β-unsaturated/α-hetero) is 1. The normalized spacial score (nSPS) is 11.9. The van der Waals surface area contributed by atoms with Gasteiger partial charge in [-0.2, -0.15) is 4.98 Å². The molecule has 168 valence electrons. The van der Waals surface area contributed by atoms with Crippen molar-refractivity contribution in [1.29, 1.82) is 0 Å². The maximum atomic E-state index is 12.4. The summed E-state index contributed by atoms with van der Waals surface area (Å²) in [4.78, 5) is 21.0. The highest BCUT2D eigenvalue weighted by Crippen LogP contribution is 2.29. The second-order valence-corrected chi connectivity index (χ2v) is 7.00. The number of imidazole rings is 1. The number of benzene rings is 2. The maximum absolute atomic E-state index is 12.4. The van der Waals surface area contributed by atoms with Crippen LogP contribution in [-0.2, 0) is 11.8 Å². The van der Waals surface area contributed by atoms with Crippen LogP contribution in [0.3, 0.4) is 0 Å². The van der Waals surface area contributed by atoms with Crippen molar-refractivity contribution < 1.29 is 31.9 Å². The Kier molecular flexibility index (Phi) is 5.74. The molecule has 11 heteroatoms. The molecule has 0 saturated heterocycles. The molecule has 0 spiro atoms. The van der Waals surface area contributed by atoms with Crippen LogP contribution >= 0.6 is 0 Å². The van der Waals surface area contributed by atoms with Crippen molar-refractivity contribution in [3.05, 3.63) is 42.0 Å². The van der Waals surface area contributed by atoms with Gasteiger partial charge in [0.15, 0.2) is 11.4 Å². The van der Waals surface area contributed by atoms with Crippen molar-refractivity contribution in [2.75, 3.05) is 18.5 Å². The Morgan fingerprint density at radius 2 is 1.97 bits per heavy atom. The molecule has 0 radical (unpaired) electrons. The van der Waals surface area contributed by atoms with Gasteiger partial charge in [-0.25, -0.2) is 4.98 Å². The van der Waals surface area contributed by atoms with Gasteiger partial charge >= 0.3 is 12.4 Å². The summed E-state index contributed by atoms with van der Waals surface area (Å²) in [5.74, 6) is -0.169. The molecule has 0 aliphatic heterocycles. The largest absolute Gasteiger partial charge is 0.573 e.